The molecular formula is C17H17FN2O3. The average molecular weight is 316 g/mol. The minimum Gasteiger partial charge on any atom is -0.486 e. The van der Waals surface area contributed by atoms with Crippen LogP contribution in [0.15, 0.2) is 42.5 Å². The third-order valence-corrected chi connectivity index (χ3v) is 3.44. The number of nitrogens with one attached hydrogen (secondary N) is 2. The number of fused-ring (bicyclic) bond motifs is 1. The first kappa shape index (κ1) is 15.1. The maximum Gasteiger partial charge on any atom is 0.319 e. The summed E-state index contributed by atoms with van der Waals surface area (Å²) < 4.78 is 24.3. The fourth-order valence-electron chi connectivity index (χ4n) is 2.31. The predicted octanol–water partition coefficient (Wildman–Crippen LogP) is 2.96. The summed E-state index contributed by atoms with van der Waals surface area (Å²) >= 11 is 0. The number of halogens is 1. The fourth-order valence-corrected chi connectivity index (χ4v) is 2.31. The molecular weight excluding hydrogens is 299 g/mol. The van der Waals surface area contributed by atoms with E-state index in [2.05, 4.69) is 10.6 Å². The summed E-state index contributed by atoms with van der Waals surface area (Å²) in [6.45, 7) is 1.36. The van der Waals surface area contributed by atoms with E-state index in [9.17, 15) is 9.18 Å². The van der Waals surface area contributed by atoms with Crippen molar-refractivity contribution in [1.82, 2.24) is 5.32 Å². The van der Waals surface area contributed by atoms with Gasteiger partial charge in [0.2, 0.25) is 0 Å². The number of amides is 2. The first-order valence-electron chi connectivity index (χ1n) is 7.40. The molecule has 2 aromatic carbocycles. The normalized spacial score (nSPS) is 12.6. The number of anilines is 1. The van der Waals surface area contributed by atoms with Gasteiger partial charge in [0.25, 0.3) is 0 Å². The van der Waals surface area contributed by atoms with E-state index >= 15 is 0 Å². The lowest BCUT2D eigenvalue weighted by Gasteiger charge is -2.19. The topological polar surface area (TPSA) is 59.6 Å². The molecule has 2 aromatic rings. The largest absolute Gasteiger partial charge is 0.486 e. The summed E-state index contributed by atoms with van der Waals surface area (Å²) in [4.78, 5) is 11.9. The Morgan fingerprint density at radius 2 is 1.87 bits per heavy atom. The van der Waals surface area contributed by atoms with E-state index < -0.39 is 0 Å². The first-order valence-corrected chi connectivity index (χ1v) is 7.40. The number of carbonyl (C=O) groups excluding carboxylic acids is 1. The van der Waals surface area contributed by atoms with E-state index in [-0.39, 0.29) is 11.8 Å². The van der Waals surface area contributed by atoms with Crippen molar-refractivity contribution in [3.05, 3.63) is 53.8 Å². The van der Waals surface area contributed by atoms with Crippen LogP contribution in [0.1, 0.15) is 5.56 Å². The zero-order valence-corrected chi connectivity index (χ0v) is 12.5. The van der Waals surface area contributed by atoms with Gasteiger partial charge >= 0.3 is 6.03 Å². The lowest BCUT2D eigenvalue weighted by molar-refractivity contribution is 0.171. The van der Waals surface area contributed by atoms with Crippen LogP contribution in [0, 0.1) is 5.82 Å². The van der Waals surface area contributed by atoms with Gasteiger partial charge in [-0.15, -0.1) is 0 Å². The molecule has 1 aliphatic rings. The molecule has 2 amide bonds. The Balaban J connectivity index is 1.50. The molecule has 0 saturated heterocycles. The molecule has 0 atom stereocenters. The molecule has 120 valence electrons. The number of hydrogen-bond donors (Lipinski definition) is 2. The lowest BCUT2D eigenvalue weighted by atomic mass is 10.1. The molecule has 1 aliphatic heterocycles. The van der Waals surface area contributed by atoms with Crippen LogP contribution in [0.3, 0.4) is 0 Å². The van der Waals surface area contributed by atoms with Crippen LogP contribution in [0.5, 0.6) is 11.5 Å². The molecule has 23 heavy (non-hydrogen) atoms. The summed E-state index contributed by atoms with van der Waals surface area (Å²) in [5.41, 5.74) is 1.18. The van der Waals surface area contributed by atoms with Crippen LogP contribution in [-0.4, -0.2) is 25.8 Å². The smallest absolute Gasteiger partial charge is 0.319 e. The summed E-state index contributed by atoms with van der Waals surface area (Å²) in [5.74, 6) is 1.02. The monoisotopic (exact) mass is 316 g/mol. The molecule has 0 aromatic heterocycles. The summed E-state index contributed by atoms with van der Waals surface area (Å²) in [5, 5.41) is 5.41. The number of ether oxygens (including phenoxy) is 2. The van der Waals surface area contributed by atoms with E-state index in [0.29, 0.717) is 48.9 Å². The Labute approximate surface area is 133 Å². The minimum absolute atomic E-state index is 0.262. The van der Waals surface area contributed by atoms with E-state index in [1.54, 1.807) is 36.4 Å². The van der Waals surface area contributed by atoms with Crippen LogP contribution in [0.2, 0.25) is 0 Å². The van der Waals surface area contributed by atoms with Crippen LogP contribution < -0.4 is 20.1 Å². The summed E-state index contributed by atoms with van der Waals surface area (Å²) in [6.07, 6.45) is 0.432. The van der Waals surface area contributed by atoms with Crippen LogP contribution in [0.25, 0.3) is 0 Å². The highest BCUT2D eigenvalue weighted by atomic mass is 19.1. The quantitative estimate of drug-likeness (QED) is 0.912. The first-order chi connectivity index (χ1) is 11.2. The number of urea groups is 1. The SMILES string of the molecule is O=C(NCCc1ccccc1F)Nc1ccc2c(c1)OCCO2. The molecule has 0 fully saturated rings. The Hall–Kier alpha value is -2.76. The predicted molar refractivity (Wildman–Crippen MR) is 84.6 cm³/mol. The Morgan fingerprint density at radius 3 is 2.70 bits per heavy atom. The molecule has 0 saturated carbocycles. The number of benzene rings is 2. The van der Waals surface area contributed by atoms with Gasteiger partial charge < -0.3 is 20.1 Å². The third kappa shape index (κ3) is 3.91. The van der Waals surface area contributed by atoms with Crippen LogP contribution in [0.4, 0.5) is 14.9 Å². The zero-order chi connectivity index (χ0) is 16.1. The van der Waals surface area contributed by atoms with Crippen molar-refractivity contribution in [2.24, 2.45) is 0 Å². The standard InChI is InChI=1S/C17H17FN2O3/c18-14-4-2-1-3-12(14)7-8-19-17(21)20-13-5-6-15-16(11-13)23-10-9-22-15/h1-6,11H,7-10H2,(H2,19,20,21). The van der Waals surface area contributed by atoms with Gasteiger partial charge in [0, 0.05) is 18.3 Å². The zero-order valence-electron chi connectivity index (χ0n) is 12.5. The molecule has 0 aliphatic carbocycles. The molecule has 6 heteroatoms. The molecule has 2 N–H and O–H groups in total. The Bertz CT molecular complexity index is 706. The minimum atomic E-state index is -0.349. The van der Waals surface area contributed by atoms with E-state index in [1.807, 2.05) is 0 Å². The molecule has 0 spiro atoms. The second kappa shape index (κ2) is 7.00. The highest BCUT2D eigenvalue weighted by Gasteiger charge is 2.12. The van der Waals surface area contributed by atoms with Gasteiger partial charge in [-0.25, -0.2) is 9.18 Å². The Kier molecular flexibility index (Phi) is 4.61. The van der Waals surface area contributed by atoms with E-state index in [4.69, 9.17) is 9.47 Å². The molecule has 3 rings (SSSR count). The summed E-state index contributed by atoms with van der Waals surface area (Å²) in [6, 6.07) is 11.4. The van der Waals surface area contributed by atoms with Gasteiger partial charge in [0.05, 0.1) is 0 Å². The van der Waals surface area contributed by atoms with Crippen LogP contribution in [-0.2, 0) is 6.42 Å². The second-order valence-electron chi connectivity index (χ2n) is 5.08. The molecule has 5 nitrogen and oxygen atoms in total. The van der Waals surface area contributed by atoms with Crippen molar-refractivity contribution in [3.63, 3.8) is 0 Å². The number of rotatable bonds is 4. The highest BCUT2D eigenvalue weighted by molar-refractivity contribution is 5.89. The van der Waals surface area contributed by atoms with Gasteiger partial charge in [0.1, 0.15) is 19.0 Å². The van der Waals surface area contributed by atoms with Gasteiger partial charge in [-0.2, -0.15) is 0 Å². The van der Waals surface area contributed by atoms with Crippen molar-refractivity contribution in [1.29, 1.82) is 0 Å². The van der Waals surface area contributed by atoms with Gasteiger partial charge in [-0.1, -0.05) is 18.2 Å². The van der Waals surface area contributed by atoms with Gasteiger partial charge in [-0.3, -0.25) is 0 Å². The van der Waals surface area contributed by atoms with Crippen molar-refractivity contribution < 1.29 is 18.7 Å². The molecule has 1 heterocycles. The number of carbonyl (C=O) groups is 1. The van der Waals surface area contributed by atoms with Crippen LogP contribution >= 0.6 is 0 Å². The maximum absolute atomic E-state index is 13.5. The van der Waals surface area contributed by atoms with Crippen molar-refractivity contribution >= 4 is 11.7 Å². The van der Waals surface area contributed by atoms with Gasteiger partial charge in [-0.05, 0) is 30.2 Å². The molecule has 0 unspecified atom stereocenters. The Morgan fingerprint density at radius 1 is 1.09 bits per heavy atom. The average Bonchev–Trinajstić information content (AvgIpc) is 2.56. The fraction of sp³-hybridized carbons (Fsp3) is 0.235. The third-order valence-electron chi connectivity index (χ3n) is 3.44. The van der Waals surface area contributed by atoms with Gasteiger partial charge in [0.15, 0.2) is 11.5 Å². The summed E-state index contributed by atoms with van der Waals surface area (Å²) in [7, 11) is 0. The van der Waals surface area contributed by atoms with E-state index in [1.165, 1.54) is 6.07 Å². The van der Waals surface area contributed by atoms with E-state index in [0.717, 1.165) is 0 Å². The van der Waals surface area contributed by atoms with Crippen molar-refractivity contribution in [2.75, 3.05) is 25.1 Å². The van der Waals surface area contributed by atoms with Crippen molar-refractivity contribution in [3.8, 4) is 11.5 Å². The number of hydrogen-bond acceptors (Lipinski definition) is 3. The highest BCUT2D eigenvalue weighted by Crippen LogP contribution is 2.32. The second-order valence-corrected chi connectivity index (χ2v) is 5.08. The van der Waals surface area contributed by atoms with Crippen molar-refractivity contribution in [2.45, 2.75) is 6.42 Å². The lowest BCUT2D eigenvalue weighted by Crippen LogP contribution is -2.30. The molecule has 0 radical (unpaired) electrons. The maximum atomic E-state index is 13.5. The molecule has 0 bridgehead atoms.